The van der Waals surface area contributed by atoms with Gasteiger partial charge < -0.3 is 0 Å². The molecule has 0 N–H and O–H groups in total. The molecule has 0 saturated heterocycles. The van der Waals surface area contributed by atoms with Crippen LogP contribution in [0.5, 0.6) is 0 Å². The van der Waals surface area contributed by atoms with E-state index < -0.39 is 0 Å². The van der Waals surface area contributed by atoms with Gasteiger partial charge in [-0.1, -0.05) is 29.8 Å². The van der Waals surface area contributed by atoms with E-state index in [0.29, 0.717) is 0 Å². The van der Waals surface area contributed by atoms with Crippen LogP contribution in [0.2, 0.25) is 0 Å². The predicted molar refractivity (Wildman–Crippen MR) is 50.6 cm³/mol. The smallest absolute Gasteiger partial charge is 0.202 e. The summed E-state index contributed by atoms with van der Waals surface area (Å²) in [4.78, 5) is 21.7. The predicted octanol–water partition coefficient (Wildman–Crippen LogP) is 1.70. The Kier molecular flexibility index (Phi) is 2.96. The van der Waals surface area contributed by atoms with Crippen molar-refractivity contribution in [3.63, 3.8) is 0 Å². The van der Waals surface area contributed by atoms with Crippen molar-refractivity contribution in [3.8, 4) is 0 Å². The number of rotatable bonds is 3. The monoisotopic (exact) mass is 176 g/mol. The highest BCUT2D eigenvalue weighted by Crippen LogP contribution is 2.04. The van der Waals surface area contributed by atoms with E-state index in [-0.39, 0.29) is 18.0 Å². The summed E-state index contributed by atoms with van der Waals surface area (Å²) in [5.41, 5.74) is 2.05. The van der Waals surface area contributed by atoms with E-state index in [1.807, 2.05) is 31.2 Å². The maximum Gasteiger partial charge on any atom is 0.202 e. The van der Waals surface area contributed by atoms with Crippen LogP contribution in [0, 0.1) is 6.92 Å². The van der Waals surface area contributed by atoms with E-state index in [4.69, 9.17) is 0 Å². The molecule has 1 aromatic carbocycles. The molecule has 0 amide bonds. The largest absolute Gasteiger partial charge is 0.291 e. The number of Topliss-reactive ketones (excluding diaryl/α,β-unsaturated/α-hetero) is 2. The average Bonchev–Trinajstić information content (AvgIpc) is 2.08. The third kappa shape index (κ3) is 2.82. The standard InChI is InChI=1S/C11H12O2/c1-8-3-5-10(6-4-8)7-11(13)9(2)12/h3-6H,7H2,1-2H3. The third-order valence-electron chi connectivity index (χ3n) is 1.88. The number of aryl methyl sites for hydroxylation is 1. The summed E-state index contributed by atoms with van der Waals surface area (Å²) in [5, 5.41) is 0. The molecule has 13 heavy (non-hydrogen) atoms. The molecule has 0 saturated carbocycles. The summed E-state index contributed by atoms with van der Waals surface area (Å²) in [6.07, 6.45) is 0.218. The highest BCUT2D eigenvalue weighted by atomic mass is 16.2. The Labute approximate surface area is 77.6 Å². The van der Waals surface area contributed by atoms with Gasteiger partial charge in [0.15, 0.2) is 5.78 Å². The first-order valence-electron chi connectivity index (χ1n) is 4.19. The molecule has 1 rings (SSSR count). The van der Waals surface area contributed by atoms with Crippen LogP contribution in [-0.2, 0) is 16.0 Å². The lowest BCUT2D eigenvalue weighted by molar-refractivity contribution is -0.134. The van der Waals surface area contributed by atoms with Gasteiger partial charge in [0.2, 0.25) is 5.78 Å². The van der Waals surface area contributed by atoms with Crippen LogP contribution in [-0.4, -0.2) is 11.6 Å². The molecule has 1 aromatic rings. The number of hydrogen-bond acceptors (Lipinski definition) is 2. The Morgan fingerprint density at radius 3 is 2.15 bits per heavy atom. The Morgan fingerprint density at radius 2 is 1.69 bits per heavy atom. The number of carbonyl (C=O) groups is 2. The molecule has 0 aliphatic carbocycles. The van der Waals surface area contributed by atoms with E-state index in [1.54, 1.807) is 0 Å². The summed E-state index contributed by atoms with van der Waals surface area (Å²) in [6.45, 7) is 3.28. The van der Waals surface area contributed by atoms with Crippen molar-refractivity contribution in [1.82, 2.24) is 0 Å². The summed E-state index contributed by atoms with van der Waals surface area (Å²) in [6, 6.07) is 7.61. The number of hydrogen-bond donors (Lipinski definition) is 0. The second-order valence-corrected chi connectivity index (χ2v) is 3.14. The molecule has 0 spiro atoms. The van der Waals surface area contributed by atoms with Crippen LogP contribution in [0.25, 0.3) is 0 Å². The van der Waals surface area contributed by atoms with E-state index in [0.717, 1.165) is 11.1 Å². The maximum absolute atomic E-state index is 11.0. The highest BCUT2D eigenvalue weighted by Gasteiger charge is 2.07. The van der Waals surface area contributed by atoms with Crippen LogP contribution in [0.1, 0.15) is 18.1 Å². The van der Waals surface area contributed by atoms with E-state index in [2.05, 4.69) is 0 Å². The van der Waals surface area contributed by atoms with Crippen LogP contribution >= 0.6 is 0 Å². The molecule has 0 aliphatic heterocycles. The molecule has 0 unspecified atom stereocenters. The lowest BCUT2D eigenvalue weighted by Crippen LogP contribution is -2.12. The lowest BCUT2D eigenvalue weighted by Gasteiger charge is -1.98. The SMILES string of the molecule is CC(=O)C(=O)Cc1ccc(C)cc1. The molecule has 0 fully saturated rings. The minimum atomic E-state index is -0.374. The molecule has 2 heteroatoms. The second-order valence-electron chi connectivity index (χ2n) is 3.14. The molecule has 2 nitrogen and oxygen atoms in total. The normalized spacial score (nSPS) is 9.69. The summed E-state index contributed by atoms with van der Waals surface area (Å²) >= 11 is 0. The van der Waals surface area contributed by atoms with Gasteiger partial charge in [-0.05, 0) is 12.5 Å². The van der Waals surface area contributed by atoms with Crippen LogP contribution < -0.4 is 0 Å². The Morgan fingerprint density at radius 1 is 1.15 bits per heavy atom. The van der Waals surface area contributed by atoms with Crippen molar-refractivity contribution in [2.75, 3.05) is 0 Å². The fourth-order valence-corrected chi connectivity index (χ4v) is 1.02. The number of ketones is 2. The van der Waals surface area contributed by atoms with E-state index in [9.17, 15) is 9.59 Å². The number of carbonyl (C=O) groups excluding carboxylic acids is 2. The molecular weight excluding hydrogens is 164 g/mol. The molecule has 0 atom stereocenters. The molecule has 0 aliphatic rings. The van der Waals surface area contributed by atoms with Gasteiger partial charge in [-0.15, -0.1) is 0 Å². The van der Waals surface area contributed by atoms with Gasteiger partial charge in [0.1, 0.15) is 0 Å². The quantitative estimate of drug-likeness (QED) is 0.657. The summed E-state index contributed by atoms with van der Waals surface area (Å²) < 4.78 is 0. The minimum Gasteiger partial charge on any atom is -0.291 e. The number of benzene rings is 1. The van der Waals surface area contributed by atoms with Gasteiger partial charge in [-0.3, -0.25) is 9.59 Å². The topological polar surface area (TPSA) is 34.1 Å². The summed E-state index contributed by atoms with van der Waals surface area (Å²) in [7, 11) is 0. The Hall–Kier alpha value is -1.44. The summed E-state index contributed by atoms with van der Waals surface area (Å²) in [5.74, 6) is -0.704. The first-order valence-corrected chi connectivity index (χ1v) is 4.19. The molecule has 0 radical (unpaired) electrons. The van der Waals surface area contributed by atoms with Gasteiger partial charge in [-0.2, -0.15) is 0 Å². The zero-order valence-electron chi connectivity index (χ0n) is 7.83. The van der Waals surface area contributed by atoms with Crippen molar-refractivity contribution in [1.29, 1.82) is 0 Å². The highest BCUT2D eigenvalue weighted by molar-refractivity contribution is 6.36. The minimum absolute atomic E-state index is 0.218. The van der Waals surface area contributed by atoms with Gasteiger partial charge in [0.05, 0.1) is 0 Å². The first-order chi connectivity index (χ1) is 6.09. The van der Waals surface area contributed by atoms with Crippen molar-refractivity contribution in [2.45, 2.75) is 20.3 Å². The average molecular weight is 176 g/mol. The fraction of sp³-hybridized carbons (Fsp3) is 0.273. The molecule has 0 aromatic heterocycles. The van der Waals surface area contributed by atoms with Gasteiger partial charge >= 0.3 is 0 Å². The van der Waals surface area contributed by atoms with Crippen molar-refractivity contribution in [3.05, 3.63) is 35.4 Å². The Balaban J connectivity index is 2.70. The van der Waals surface area contributed by atoms with Gasteiger partial charge in [-0.25, -0.2) is 0 Å². The van der Waals surface area contributed by atoms with Crippen LogP contribution in [0.15, 0.2) is 24.3 Å². The van der Waals surface area contributed by atoms with Gasteiger partial charge in [0.25, 0.3) is 0 Å². The Bertz CT molecular complexity index is 322. The zero-order valence-corrected chi connectivity index (χ0v) is 7.83. The zero-order chi connectivity index (χ0) is 9.84. The van der Waals surface area contributed by atoms with Crippen LogP contribution in [0.3, 0.4) is 0 Å². The molecule has 0 heterocycles. The first kappa shape index (κ1) is 9.65. The molecule has 0 bridgehead atoms. The van der Waals surface area contributed by atoms with Gasteiger partial charge in [0, 0.05) is 13.3 Å². The van der Waals surface area contributed by atoms with Crippen LogP contribution in [0.4, 0.5) is 0 Å². The second kappa shape index (κ2) is 3.99. The van der Waals surface area contributed by atoms with Crippen molar-refractivity contribution in [2.24, 2.45) is 0 Å². The third-order valence-corrected chi connectivity index (χ3v) is 1.88. The van der Waals surface area contributed by atoms with E-state index in [1.165, 1.54) is 6.92 Å². The van der Waals surface area contributed by atoms with E-state index >= 15 is 0 Å². The van der Waals surface area contributed by atoms with Crippen molar-refractivity contribution < 1.29 is 9.59 Å². The van der Waals surface area contributed by atoms with Crippen molar-refractivity contribution >= 4 is 11.6 Å². The lowest BCUT2D eigenvalue weighted by atomic mass is 10.1. The molecular formula is C11H12O2. The molecule has 68 valence electrons. The fourth-order valence-electron chi connectivity index (χ4n) is 1.02. The maximum atomic E-state index is 11.0.